The number of benzene rings is 1. The van der Waals surface area contributed by atoms with Gasteiger partial charge < -0.3 is 10.1 Å². The lowest BCUT2D eigenvalue weighted by molar-refractivity contribution is 0.0921. The highest BCUT2D eigenvalue weighted by molar-refractivity contribution is 9.10. The Hall–Kier alpha value is -0.960. The summed E-state index contributed by atoms with van der Waals surface area (Å²) in [6.07, 6.45) is 0.903. The van der Waals surface area contributed by atoms with Gasteiger partial charge in [-0.15, -0.1) is 0 Å². The number of rotatable bonds is 4. The number of carbonyl (C=O) groups excluding carboxylic acids is 1. The maximum absolute atomic E-state index is 12.3. The Labute approximate surface area is 132 Å². The van der Waals surface area contributed by atoms with Crippen LogP contribution in [-0.4, -0.2) is 33.6 Å². The quantitative estimate of drug-likeness (QED) is 0.825. The summed E-state index contributed by atoms with van der Waals surface area (Å²) in [7, 11) is -3.84. The molecule has 3 N–H and O–H groups in total. The van der Waals surface area contributed by atoms with Gasteiger partial charge in [-0.25, -0.2) is 13.6 Å². The van der Waals surface area contributed by atoms with Crippen LogP contribution in [-0.2, 0) is 14.8 Å². The fourth-order valence-electron chi connectivity index (χ4n) is 2.20. The van der Waals surface area contributed by atoms with E-state index in [2.05, 4.69) is 21.2 Å². The van der Waals surface area contributed by atoms with Gasteiger partial charge in [0, 0.05) is 23.0 Å². The SMILES string of the molecule is CC(NC(=O)c1cc(S(N)(=O)=O)ccc1Br)C1CCOC1. The average Bonchev–Trinajstić information content (AvgIpc) is 2.91. The van der Waals surface area contributed by atoms with Gasteiger partial charge in [0.25, 0.3) is 5.91 Å². The Bertz CT molecular complexity index is 642. The molecule has 0 aliphatic carbocycles. The van der Waals surface area contributed by atoms with Crippen molar-refractivity contribution in [3.05, 3.63) is 28.2 Å². The van der Waals surface area contributed by atoms with Crippen LogP contribution in [0.15, 0.2) is 27.6 Å². The molecule has 0 aromatic heterocycles. The van der Waals surface area contributed by atoms with Crippen LogP contribution in [0.4, 0.5) is 0 Å². The average molecular weight is 377 g/mol. The number of primary sulfonamides is 1. The lowest BCUT2D eigenvalue weighted by atomic mass is 10.0. The summed E-state index contributed by atoms with van der Waals surface area (Å²) in [5, 5.41) is 7.96. The first-order chi connectivity index (χ1) is 9.79. The number of nitrogens with one attached hydrogen (secondary N) is 1. The second-order valence-electron chi connectivity index (χ2n) is 5.07. The third-order valence-corrected chi connectivity index (χ3v) is 5.14. The first-order valence-electron chi connectivity index (χ1n) is 6.50. The zero-order valence-electron chi connectivity index (χ0n) is 11.5. The van der Waals surface area contributed by atoms with Gasteiger partial charge in [0.05, 0.1) is 17.1 Å². The molecule has 1 fully saturated rings. The molecule has 0 radical (unpaired) electrons. The topological polar surface area (TPSA) is 98.5 Å². The van der Waals surface area contributed by atoms with E-state index < -0.39 is 10.0 Å². The van der Waals surface area contributed by atoms with Crippen LogP contribution in [0.25, 0.3) is 0 Å². The first-order valence-corrected chi connectivity index (χ1v) is 8.84. The second kappa shape index (κ2) is 6.43. The van der Waals surface area contributed by atoms with E-state index in [1.54, 1.807) is 0 Å². The molecule has 1 aliphatic rings. The first kappa shape index (κ1) is 16.4. The zero-order chi connectivity index (χ0) is 15.6. The number of hydrogen-bond donors (Lipinski definition) is 2. The molecule has 1 saturated heterocycles. The molecule has 8 heteroatoms. The van der Waals surface area contributed by atoms with Gasteiger partial charge in [-0.3, -0.25) is 4.79 Å². The summed E-state index contributed by atoms with van der Waals surface area (Å²) in [6, 6.07) is 4.07. The number of ether oxygens (including phenoxy) is 1. The number of hydrogen-bond acceptors (Lipinski definition) is 4. The summed E-state index contributed by atoms with van der Waals surface area (Å²) in [5.41, 5.74) is 0.243. The molecule has 1 amide bonds. The minimum absolute atomic E-state index is 0.0509. The van der Waals surface area contributed by atoms with Crippen LogP contribution in [0.3, 0.4) is 0 Å². The smallest absolute Gasteiger partial charge is 0.252 e. The van der Waals surface area contributed by atoms with Crippen molar-refractivity contribution in [2.75, 3.05) is 13.2 Å². The third kappa shape index (κ3) is 4.03. The van der Waals surface area contributed by atoms with E-state index in [0.29, 0.717) is 17.7 Å². The molecule has 0 bridgehead atoms. The highest BCUT2D eigenvalue weighted by atomic mass is 79.9. The number of amides is 1. The number of halogens is 1. The standard InChI is InChI=1S/C13H17BrN2O4S/c1-8(9-4-5-20-7-9)16-13(17)11-6-10(21(15,18)19)2-3-12(11)14/h2-3,6,8-9H,4-5,7H2,1H3,(H,16,17)(H2,15,18,19). The summed E-state index contributed by atoms with van der Waals surface area (Å²) in [4.78, 5) is 12.2. The van der Waals surface area contributed by atoms with Crippen LogP contribution in [0.2, 0.25) is 0 Å². The van der Waals surface area contributed by atoms with E-state index in [1.807, 2.05) is 6.92 Å². The normalized spacial score (nSPS) is 20.2. The van der Waals surface area contributed by atoms with E-state index in [9.17, 15) is 13.2 Å². The fourth-order valence-corrected chi connectivity index (χ4v) is 3.17. The van der Waals surface area contributed by atoms with Crippen LogP contribution in [0.1, 0.15) is 23.7 Å². The van der Waals surface area contributed by atoms with Crippen LogP contribution < -0.4 is 10.5 Å². The third-order valence-electron chi connectivity index (χ3n) is 3.54. The Balaban J connectivity index is 2.18. The van der Waals surface area contributed by atoms with E-state index in [0.717, 1.165) is 6.42 Å². The maximum atomic E-state index is 12.3. The summed E-state index contributed by atoms with van der Waals surface area (Å²) in [6.45, 7) is 3.24. The molecule has 21 heavy (non-hydrogen) atoms. The second-order valence-corrected chi connectivity index (χ2v) is 7.49. The largest absolute Gasteiger partial charge is 0.381 e. The molecule has 116 valence electrons. The van der Waals surface area contributed by atoms with Gasteiger partial charge in [-0.05, 0) is 47.5 Å². The van der Waals surface area contributed by atoms with Gasteiger partial charge in [0.2, 0.25) is 10.0 Å². The Morgan fingerprint density at radius 3 is 2.81 bits per heavy atom. The Morgan fingerprint density at radius 1 is 1.52 bits per heavy atom. The van der Waals surface area contributed by atoms with Crippen molar-refractivity contribution >= 4 is 31.9 Å². The molecule has 2 rings (SSSR count). The zero-order valence-corrected chi connectivity index (χ0v) is 13.9. The van der Waals surface area contributed by atoms with E-state index in [4.69, 9.17) is 9.88 Å². The van der Waals surface area contributed by atoms with E-state index in [-0.39, 0.29) is 28.3 Å². The molecule has 1 heterocycles. The van der Waals surface area contributed by atoms with Crippen LogP contribution >= 0.6 is 15.9 Å². The lowest BCUT2D eigenvalue weighted by Crippen LogP contribution is -2.38. The molecule has 1 aromatic carbocycles. The number of nitrogens with two attached hydrogens (primary N) is 1. The predicted molar refractivity (Wildman–Crippen MR) is 81.4 cm³/mol. The van der Waals surface area contributed by atoms with Crippen molar-refractivity contribution in [1.82, 2.24) is 5.32 Å². The van der Waals surface area contributed by atoms with Crippen LogP contribution in [0, 0.1) is 5.92 Å². The van der Waals surface area contributed by atoms with E-state index in [1.165, 1.54) is 18.2 Å². The number of sulfonamides is 1. The number of carbonyl (C=O) groups is 1. The molecule has 6 nitrogen and oxygen atoms in total. The minimum atomic E-state index is -3.84. The van der Waals surface area contributed by atoms with Gasteiger partial charge in [0.1, 0.15) is 0 Å². The molecule has 2 unspecified atom stereocenters. The summed E-state index contributed by atoms with van der Waals surface area (Å²) in [5.74, 6) is -0.0686. The molecule has 2 atom stereocenters. The van der Waals surface area contributed by atoms with Crippen molar-refractivity contribution in [2.24, 2.45) is 11.1 Å². The van der Waals surface area contributed by atoms with Gasteiger partial charge >= 0.3 is 0 Å². The molecular formula is C13H17BrN2O4S. The molecule has 0 spiro atoms. The van der Waals surface area contributed by atoms with Crippen molar-refractivity contribution in [3.8, 4) is 0 Å². The van der Waals surface area contributed by atoms with Gasteiger partial charge in [-0.1, -0.05) is 0 Å². The predicted octanol–water partition coefficient (Wildman–Crippen LogP) is 1.25. The van der Waals surface area contributed by atoms with E-state index >= 15 is 0 Å². The van der Waals surface area contributed by atoms with Crippen molar-refractivity contribution < 1.29 is 17.9 Å². The van der Waals surface area contributed by atoms with Gasteiger partial charge in [0.15, 0.2) is 0 Å². The fraction of sp³-hybridized carbons (Fsp3) is 0.462. The maximum Gasteiger partial charge on any atom is 0.252 e. The molecule has 1 aliphatic heterocycles. The summed E-state index contributed by atoms with van der Waals surface area (Å²) >= 11 is 3.25. The lowest BCUT2D eigenvalue weighted by Gasteiger charge is -2.19. The molecule has 1 aromatic rings. The van der Waals surface area contributed by atoms with Crippen molar-refractivity contribution in [2.45, 2.75) is 24.3 Å². The highest BCUT2D eigenvalue weighted by Crippen LogP contribution is 2.22. The van der Waals surface area contributed by atoms with Gasteiger partial charge in [-0.2, -0.15) is 0 Å². The van der Waals surface area contributed by atoms with Crippen molar-refractivity contribution in [3.63, 3.8) is 0 Å². The highest BCUT2D eigenvalue weighted by Gasteiger charge is 2.25. The Kier molecular flexibility index (Phi) is 5.03. The van der Waals surface area contributed by atoms with Crippen LogP contribution in [0.5, 0.6) is 0 Å². The minimum Gasteiger partial charge on any atom is -0.381 e. The van der Waals surface area contributed by atoms with Crippen molar-refractivity contribution in [1.29, 1.82) is 0 Å². The molecule has 0 saturated carbocycles. The Morgan fingerprint density at radius 2 is 2.24 bits per heavy atom. The molecular weight excluding hydrogens is 360 g/mol. The monoisotopic (exact) mass is 376 g/mol. The summed E-state index contributed by atoms with van der Waals surface area (Å²) < 4.78 is 28.5.